The number of likely N-dealkylation sites (tertiary alicyclic amines) is 1. The van der Waals surface area contributed by atoms with Gasteiger partial charge in [-0.05, 0) is 74.1 Å². The van der Waals surface area contributed by atoms with Gasteiger partial charge in [0.2, 0.25) is 5.91 Å². The average Bonchev–Trinajstić information content (AvgIpc) is 3.35. The summed E-state index contributed by atoms with van der Waals surface area (Å²) in [5.74, 6) is 0.944. The molecule has 2 fully saturated rings. The van der Waals surface area contributed by atoms with Gasteiger partial charge in [-0.2, -0.15) is 0 Å². The molecule has 154 valence electrons. The number of thiophene rings is 1. The first-order valence-electron chi connectivity index (χ1n) is 10.1. The average molecular weight is 414 g/mol. The molecule has 1 aromatic heterocycles. The van der Waals surface area contributed by atoms with E-state index in [0.29, 0.717) is 17.4 Å². The first-order valence-corrected chi connectivity index (χ1v) is 11.0. The lowest BCUT2D eigenvalue weighted by molar-refractivity contribution is -0.121. The number of piperidine rings is 1. The Hall–Kier alpha value is -2.22. The molecule has 2 aliphatic heterocycles. The van der Waals surface area contributed by atoms with Crippen molar-refractivity contribution < 1.29 is 14.3 Å². The molecule has 0 saturated carbocycles. The van der Waals surface area contributed by atoms with E-state index in [2.05, 4.69) is 27.7 Å². The SMILES string of the molecule is COc1ccc(N2C(=O)CC(NCC3CCN(Cc4cccs4)CC3)C2=O)cc1. The normalized spacial score (nSPS) is 21.1. The number of carbonyl (C=O) groups is 2. The molecule has 2 aliphatic rings. The number of rotatable bonds is 7. The van der Waals surface area contributed by atoms with Gasteiger partial charge in [-0.3, -0.25) is 14.5 Å². The van der Waals surface area contributed by atoms with E-state index in [0.717, 1.165) is 39.0 Å². The Morgan fingerprint density at radius 1 is 1.14 bits per heavy atom. The molecule has 29 heavy (non-hydrogen) atoms. The van der Waals surface area contributed by atoms with E-state index in [9.17, 15) is 9.59 Å². The molecule has 1 atom stereocenters. The van der Waals surface area contributed by atoms with Crippen LogP contribution in [0.15, 0.2) is 41.8 Å². The lowest BCUT2D eigenvalue weighted by Gasteiger charge is -2.32. The van der Waals surface area contributed by atoms with Crippen molar-refractivity contribution in [2.45, 2.75) is 31.8 Å². The molecule has 4 rings (SSSR count). The molecule has 0 spiro atoms. The summed E-state index contributed by atoms with van der Waals surface area (Å²) in [5, 5.41) is 5.49. The number of methoxy groups -OCH3 is 1. The summed E-state index contributed by atoms with van der Waals surface area (Å²) in [4.78, 5) is 30.4. The van der Waals surface area contributed by atoms with Crippen LogP contribution in [0.3, 0.4) is 0 Å². The highest BCUT2D eigenvalue weighted by atomic mass is 32.1. The fourth-order valence-electron chi connectivity index (χ4n) is 4.07. The van der Waals surface area contributed by atoms with Crippen molar-refractivity contribution in [2.75, 3.05) is 31.6 Å². The molecular weight excluding hydrogens is 386 g/mol. The molecule has 0 aliphatic carbocycles. The summed E-state index contributed by atoms with van der Waals surface area (Å²) in [7, 11) is 1.59. The van der Waals surface area contributed by atoms with Crippen molar-refractivity contribution in [3.8, 4) is 5.75 Å². The number of hydrogen-bond acceptors (Lipinski definition) is 6. The molecular formula is C22H27N3O3S. The lowest BCUT2D eigenvalue weighted by atomic mass is 9.96. The number of anilines is 1. The van der Waals surface area contributed by atoms with E-state index >= 15 is 0 Å². The summed E-state index contributed by atoms with van der Waals surface area (Å²) >= 11 is 1.81. The minimum absolute atomic E-state index is 0.150. The zero-order valence-corrected chi connectivity index (χ0v) is 17.5. The fourth-order valence-corrected chi connectivity index (χ4v) is 4.82. The van der Waals surface area contributed by atoms with Crippen LogP contribution in [0.1, 0.15) is 24.1 Å². The molecule has 3 heterocycles. The molecule has 0 radical (unpaired) electrons. The van der Waals surface area contributed by atoms with Crippen molar-refractivity contribution >= 4 is 28.8 Å². The van der Waals surface area contributed by atoms with Crippen LogP contribution >= 0.6 is 11.3 Å². The van der Waals surface area contributed by atoms with Gasteiger partial charge in [-0.1, -0.05) is 6.07 Å². The van der Waals surface area contributed by atoms with E-state index in [4.69, 9.17) is 4.74 Å². The Morgan fingerprint density at radius 2 is 1.90 bits per heavy atom. The number of carbonyl (C=O) groups excluding carboxylic acids is 2. The zero-order valence-electron chi connectivity index (χ0n) is 16.7. The van der Waals surface area contributed by atoms with Crippen molar-refractivity contribution in [3.63, 3.8) is 0 Å². The number of amides is 2. The second kappa shape index (κ2) is 9.07. The smallest absolute Gasteiger partial charge is 0.251 e. The van der Waals surface area contributed by atoms with Crippen molar-refractivity contribution in [3.05, 3.63) is 46.7 Å². The maximum Gasteiger partial charge on any atom is 0.251 e. The topological polar surface area (TPSA) is 61.9 Å². The summed E-state index contributed by atoms with van der Waals surface area (Å²) in [5.41, 5.74) is 0.604. The summed E-state index contributed by atoms with van der Waals surface area (Å²) in [6.07, 6.45) is 2.47. The van der Waals surface area contributed by atoms with Crippen LogP contribution in [0.2, 0.25) is 0 Å². The predicted octanol–water partition coefficient (Wildman–Crippen LogP) is 2.89. The van der Waals surface area contributed by atoms with Gasteiger partial charge >= 0.3 is 0 Å². The van der Waals surface area contributed by atoms with Gasteiger partial charge in [0.1, 0.15) is 5.75 Å². The van der Waals surface area contributed by atoms with E-state index in [-0.39, 0.29) is 18.2 Å². The Bertz CT molecular complexity index is 829. The lowest BCUT2D eigenvalue weighted by Crippen LogP contribution is -2.43. The number of imide groups is 1. The maximum atomic E-state index is 12.8. The minimum atomic E-state index is -0.422. The van der Waals surface area contributed by atoms with Crippen LogP contribution in [-0.4, -0.2) is 49.5 Å². The third-order valence-corrected chi connectivity index (χ3v) is 6.66. The molecule has 2 amide bonds. The Labute approximate surface area is 175 Å². The molecule has 7 heteroatoms. The number of nitrogens with one attached hydrogen (secondary N) is 1. The molecule has 1 aromatic carbocycles. The number of ether oxygens (including phenoxy) is 1. The molecule has 0 bridgehead atoms. The number of nitrogens with zero attached hydrogens (tertiary/aromatic N) is 2. The minimum Gasteiger partial charge on any atom is -0.497 e. The highest BCUT2D eigenvalue weighted by Crippen LogP contribution is 2.26. The molecule has 1 unspecified atom stereocenters. The first-order chi connectivity index (χ1) is 14.1. The van der Waals surface area contributed by atoms with Crippen LogP contribution in [0.5, 0.6) is 5.75 Å². The second-order valence-corrected chi connectivity index (χ2v) is 8.76. The van der Waals surface area contributed by atoms with Gasteiger partial charge in [-0.25, -0.2) is 4.90 Å². The quantitative estimate of drug-likeness (QED) is 0.708. The van der Waals surface area contributed by atoms with Gasteiger partial charge in [0, 0.05) is 11.4 Å². The first kappa shape index (κ1) is 20.1. The standard InChI is InChI=1S/C22H27N3O3S/c1-28-18-6-4-17(5-7-18)25-21(26)13-20(22(25)27)23-14-16-8-10-24(11-9-16)15-19-3-2-12-29-19/h2-7,12,16,20,23H,8-11,13-15H2,1H3. The number of benzene rings is 1. The van der Waals surface area contributed by atoms with Crippen molar-refractivity contribution in [2.24, 2.45) is 5.92 Å². The van der Waals surface area contributed by atoms with Crippen LogP contribution in [0.25, 0.3) is 0 Å². The second-order valence-electron chi connectivity index (χ2n) is 7.73. The number of hydrogen-bond donors (Lipinski definition) is 1. The van der Waals surface area contributed by atoms with Gasteiger partial charge in [0.25, 0.3) is 5.91 Å². The fraction of sp³-hybridized carbons (Fsp3) is 0.455. The Balaban J connectivity index is 1.26. The zero-order chi connectivity index (χ0) is 20.2. The van der Waals surface area contributed by atoms with Crippen LogP contribution in [-0.2, 0) is 16.1 Å². The van der Waals surface area contributed by atoms with Crippen LogP contribution in [0.4, 0.5) is 5.69 Å². The summed E-state index contributed by atoms with van der Waals surface area (Å²) < 4.78 is 5.15. The van der Waals surface area contributed by atoms with Gasteiger partial charge in [0.05, 0.1) is 25.3 Å². The monoisotopic (exact) mass is 413 g/mol. The Morgan fingerprint density at radius 3 is 2.55 bits per heavy atom. The van der Waals surface area contributed by atoms with E-state index in [1.807, 2.05) is 11.3 Å². The third-order valence-electron chi connectivity index (χ3n) is 5.80. The largest absolute Gasteiger partial charge is 0.497 e. The van der Waals surface area contributed by atoms with Crippen molar-refractivity contribution in [1.82, 2.24) is 10.2 Å². The molecule has 2 saturated heterocycles. The van der Waals surface area contributed by atoms with Gasteiger partial charge < -0.3 is 10.1 Å². The van der Waals surface area contributed by atoms with E-state index in [1.54, 1.807) is 31.4 Å². The highest BCUT2D eigenvalue weighted by Gasteiger charge is 2.39. The Kier molecular flexibility index (Phi) is 6.28. The van der Waals surface area contributed by atoms with Gasteiger partial charge in [0.15, 0.2) is 0 Å². The maximum absolute atomic E-state index is 12.8. The summed E-state index contributed by atoms with van der Waals surface area (Å²) in [6.45, 7) is 3.98. The van der Waals surface area contributed by atoms with Crippen LogP contribution < -0.4 is 15.0 Å². The predicted molar refractivity (Wildman–Crippen MR) is 114 cm³/mol. The highest BCUT2D eigenvalue weighted by molar-refractivity contribution is 7.09. The third kappa shape index (κ3) is 4.69. The van der Waals surface area contributed by atoms with Gasteiger partial charge in [-0.15, -0.1) is 11.3 Å². The summed E-state index contributed by atoms with van der Waals surface area (Å²) in [6, 6.07) is 10.9. The molecule has 2 aromatic rings. The molecule has 6 nitrogen and oxygen atoms in total. The van der Waals surface area contributed by atoms with E-state index in [1.165, 1.54) is 9.78 Å². The van der Waals surface area contributed by atoms with E-state index < -0.39 is 6.04 Å². The van der Waals surface area contributed by atoms with Crippen molar-refractivity contribution in [1.29, 1.82) is 0 Å². The molecule has 1 N–H and O–H groups in total. The van der Waals surface area contributed by atoms with Crippen LogP contribution in [0, 0.1) is 5.92 Å².